The first-order valence-electron chi connectivity index (χ1n) is 14.0. The molecule has 0 atom stereocenters. The number of benzene rings is 1. The molecular formula is C30H42N4O4S2. The lowest BCUT2D eigenvalue weighted by Gasteiger charge is -2.27. The van der Waals surface area contributed by atoms with Gasteiger partial charge in [-0.2, -0.15) is 4.31 Å². The maximum Gasteiger partial charge on any atom is 0.257 e. The van der Waals surface area contributed by atoms with Crippen LogP contribution in [0.3, 0.4) is 0 Å². The topological polar surface area (TPSA) is 90.0 Å². The Labute approximate surface area is 243 Å². The van der Waals surface area contributed by atoms with Crippen LogP contribution < -0.4 is 5.32 Å². The lowest BCUT2D eigenvalue weighted by molar-refractivity contribution is 0.0755. The highest BCUT2D eigenvalue weighted by atomic mass is 32.2. The van der Waals surface area contributed by atoms with E-state index in [1.165, 1.54) is 52.1 Å². The van der Waals surface area contributed by atoms with E-state index < -0.39 is 10.0 Å². The first kappa shape index (κ1) is 31.7. The van der Waals surface area contributed by atoms with Crippen LogP contribution in [-0.2, 0) is 23.0 Å². The molecule has 1 aliphatic heterocycles. The van der Waals surface area contributed by atoms with E-state index in [9.17, 15) is 18.0 Å². The monoisotopic (exact) mass is 586 g/mol. The van der Waals surface area contributed by atoms with E-state index in [-0.39, 0.29) is 29.8 Å². The molecule has 2 amide bonds. The molecule has 2 aromatic rings. The van der Waals surface area contributed by atoms with Gasteiger partial charge in [-0.1, -0.05) is 32.9 Å². The molecule has 8 nitrogen and oxygen atoms in total. The van der Waals surface area contributed by atoms with E-state index in [2.05, 4.69) is 44.1 Å². The molecule has 3 rings (SSSR count). The van der Waals surface area contributed by atoms with Crippen LogP contribution in [0.5, 0.6) is 0 Å². The highest BCUT2D eigenvalue weighted by molar-refractivity contribution is 7.89. The third-order valence-corrected chi connectivity index (χ3v) is 9.79. The van der Waals surface area contributed by atoms with Gasteiger partial charge in [0.25, 0.3) is 11.8 Å². The zero-order valence-corrected chi connectivity index (χ0v) is 25.6. The van der Waals surface area contributed by atoms with Gasteiger partial charge < -0.3 is 10.2 Å². The molecule has 1 N–H and O–H groups in total. The SMILES string of the molecule is C=CCN(CC=C)S(=O)(=O)c1ccc(C(=O)Nc2sc3c(c2C(=O)N(CCC)CCC)CCN(CCC)C3)cc1. The number of hydrogen-bond donors (Lipinski definition) is 1. The van der Waals surface area contributed by atoms with Crippen molar-refractivity contribution in [1.82, 2.24) is 14.1 Å². The van der Waals surface area contributed by atoms with Crippen molar-refractivity contribution < 1.29 is 18.0 Å². The summed E-state index contributed by atoms with van der Waals surface area (Å²) < 4.78 is 27.4. The van der Waals surface area contributed by atoms with Gasteiger partial charge in [0.2, 0.25) is 10.0 Å². The third kappa shape index (κ3) is 7.28. The number of anilines is 1. The summed E-state index contributed by atoms with van der Waals surface area (Å²) in [4.78, 5) is 32.6. The molecule has 1 aliphatic rings. The molecule has 2 heterocycles. The number of nitrogens with zero attached hydrogens (tertiary/aromatic N) is 3. The molecule has 0 saturated carbocycles. The fraction of sp³-hybridized carbons (Fsp3) is 0.467. The van der Waals surface area contributed by atoms with Crippen molar-refractivity contribution in [3.63, 3.8) is 0 Å². The van der Waals surface area contributed by atoms with Crippen LogP contribution in [0.4, 0.5) is 5.00 Å². The largest absolute Gasteiger partial charge is 0.339 e. The predicted octanol–water partition coefficient (Wildman–Crippen LogP) is 5.39. The Kier molecular flexibility index (Phi) is 11.7. The molecule has 0 saturated heterocycles. The van der Waals surface area contributed by atoms with Crippen molar-refractivity contribution in [2.45, 2.75) is 57.9 Å². The first-order valence-corrected chi connectivity index (χ1v) is 16.3. The highest BCUT2D eigenvalue weighted by Crippen LogP contribution is 2.38. The van der Waals surface area contributed by atoms with Gasteiger partial charge in [0, 0.05) is 49.7 Å². The summed E-state index contributed by atoms with van der Waals surface area (Å²) in [6, 6.07) is 5.87. The van der Waals surface area contributed by atoms with Gasteiger partial charge in [0.05, 0.1) is 10.5 Å². The molecule has 1 aromatic carbocycles. The fourth-order valence-electron chi connectivity index (χ4n) is 4.95. The van der Waals surface area contributed by atoms with Crippen molar-refractivity contribution in [3.05, 3.63) is 71.1 Å². The van der Waals surface area contributed by atoms with Crippen molar-refractivity contribution in [1.29, 1.82) is 0 Å². The van der Waals surface area contributed by atoms with Crippen LogP contribution in [0, 0.1) is 0 Å². The number of nitrogens with one attached hydrogen (secondary N) is 1. The molecule has 10 heteroatoms. The number of amides is 2. The van der Waals surface area contributed by atoms with Gasteiger partial charge in [-0.3, -0.25) is 14.5 Å². The van der Waals surface area contributed by atoms with E-state index in [1.54, 1.807) is 0 Å². The van der Waals surface area contributed by atoms with Crippen LogP contribution in [0.2, 0.25) is 0 Å². The maximum absolute atomic E-state index is 13.8. The molecule has 1 aromatic heterocycles. The minimum Gasteiger partial charge on any atom is -0.339 e. The van der Waals surface area contributed by atoms with Gasteiger partial charge in [-0.25, -0.2) is 8.42 Å². The van der Waals surface area contributed by atoms with Gasteiger partial charge in [0.1, 0.15) is 5.00 Å². The Hall–Kier alpha value is -2.79. The van der Waals surface area contributed by atoms with E-state index >= 15 is 0 Å². The molecular weight excluding hydrogens is 544 g/mol. The number of rotatable bonds is 15. The first-order chi connectivity index (χ1) is 19.2. The summed E-state index contributed by atoms with van der Waals surface area (Å²) in [7, 11) is -3.77. The van der Waals surface area contributed by atoms with Crippen LogP contribution in [-0.4, -0.2) is 73.6 Å². The standard InChI is InChI=1S/C30H42N4O4S2/c1-6-16-32-21-15-25-26(22-32)39-29(27(25)30(36)33(17-7-2)18-8-3)31-28(35)23-11-13-24(14-12-23)40(37,38)34(19-9-4)20-10-5/h9-14H,4-8,15-22H2,1-3H3,(H,31,35). The summed E-state index contributed by atoms with van der Waals surface area (Å²) in [5.74, 6) is -0.417. The summed E-state index contributed by atoms with van der Waals surface area (Å²) in [6.45, 7) is 17.8. The van der Waals surface area contributed by atoms with Gasteiger partial charge in [-0.15, -0.1) is 24.5 Å². The van der Waals surface area contributed by atoms with Gasteiger partial charge >= 0.3 is 0 Å². The predicted molar refractivity (Wildman–Crippen MR) is 164 cm³/mol. The number of sulfonamides is 1. The zero-order chi connectivity index (χ0) is 29.3. The van der Waals surface area contributed by atoms with E-state index in [0.717, 1.165) is 55.8 Å². The Bertz CT molecular complexity index is 1290. The number of hydrogen-bond acceptors (Lipinski definition) is 6. The summed E-state index contributed by atoms with van der Waals surface area (Å²) >= 11 is 1.48. The van der Waals surface area contributed by atoms with Crippen LogP contribution in [0.15, 0.2) is 54.5 Å². The van der Waals surface area contributed by atoms with E-state index in [1.807, 2.05) is 4.90 Å². The van der Waals surface area contributed by atoms with E-state index in [0.29, 0.717) is 29.2 Å². The Morgan fingerprint density at radius 3 is 2.20 bits per heavy atom. The second-order valence-electron chi connectivity index (χ2n) is 9.90. The highest BCUT2D eigenvalue weighted by Gasteiger charge is 2.31. The second-order valence-corrected chi connectivity index (χ2v) is 12.9. The van der Waals surface area contributed by atoms with E-state index in [4.69, 9.17) is 0 Å². The number of fused-ring (bicyclic) bond motifs is 1. The van der Waals surface area contributed by atoms with Crippen molar-refractivity contribution in [3.8, 4) is 0 Å². The Morgan fingerprint density at radius 1 is 1.02 bits per heavy atom. The Morgan fingerprint density at radius 2 is 1.65 bits per heavy atom. The minimum atomic E-state index is -3.77. The smallest absolute Gasteiger partial charge is 0.257 e. The lowest BCUT2D eigenvalue weighted by atomic mass is 10.0. The number of thiophene rings is 1. The van der Waals surface area contributed by atoms with Crippen LogP contribution in [0.25, 0.3) is 0 Å². The summed E-state index contributed by atoms with van der Waals surface area (Å²) in [5.41, 5.74) is 1.96. The number of carbonyl (C=O) groups is 2. The maximum atomic E-state index is 13.8. The third-order valence-electron chi connectivity index (χ3n) is 6.81. The molecule has 40 heavy (non-hydrogen) atoms. The lowest BCUT2D eigenvalue weighted by Crippen LogP contribution is -2.35. The average Bonchev–Trinajstić information content (AvgIpc) is 3.29. The van der Waals surface area contributed by atoms with Crippen molar-refractivity contribution in [2.24, 2.45) is 0 Å². The molecule has 0 aliphatic carbocycles. The molecule has 0 unspecified atom stereocenters. The quantitative estimate of drug-likeness (QED) is 0.283. The number of carbonyl (C=O) groups excluding carboxylic acids is 2. The molecule has 0 radical (unpaired) electrons. The van der Waals surface area contributed by atoms with Gasteiger partial charge in [0.15, 0.2) is 0 Å². The van der Waals surface area contributed by atoms with Crippen molar-refractivity contribution in [2.75, 3.05) is 44.6 Å². The summed E-state index contributed by atoms with van der Waals surface area (Å²) in [6.07, 6.45) is 6.58. The van der Waals surface area contributed by atoms with Crippen LogP contribution in [0.1, 0.15) is 71.2 Å². The van der Waals surface area contributed by atoms with Crippen LogP contribution >= 0.6 is 11.3 Å². The fourth-order valence-corrected chi connectivity index (χ4v) is 7.61. The molecule has 0 spiro atoms. The van der Waals surface area contributed by atoms with Gasteiger partial charge in [-0.05, 0) is 62.1 Å². The molecule has 0 bridgehead atoms. The average molecular weight is 587 g/mol. The van der Waals surface area contributed by atoms with Crippen molar-refractivity contribution >= 4 is 38.2 Å². The molecule has 218 valence electrons. The Balaban J connectivity index is 1.92. The summed E-state index contributed by atoms with van der Waals surface area (Å²) in [5, 5.41) is 3.56. The normalized spacial score (nSPS) is 13.6. The zero-order valence-electron chi connectivity index (χ0n) is 23.9. The second kappa shape index (κ2) is 14.7. The molecule has 0 fully saturated rings. The minimum absolute atomic E-state index is 0.0357.